The van der Waals surface area contributed by atoms with E-state index in [1.165, 1.54) is 0 Å². The number of carbonyl (C=O) groups excluding carboxylic acids is 2. The highest BCUT2D eigenvalue weighted by Gasteiger charge is 2.05. The third-order valence-corrected chi connectivity index (χ3v) is 2.39. The molecular formula is C14H20N2O5. The molecule has 0 heterocycles. The van der Waals surface area contributed by atoms with Crippen molar-refractivity contribution in [3.05, 3.63) is 24.3 Å². The Kier molecular flexibility index (Phi) is 7.67. The Balaban J connectivity index is 2.36. The Morgan fingerprint density at radius 2 is 1.90 bits per heavy atom. The van der Waals surface area contributed by atoms with E-state index in [1.807, 2.05) is 0 Å². The maximum Gasteiger partial charge on any atom is 0.513 e. The molecule has 0 aliphatic rings. The summed E-state index contributed by atoms with van der Waals surface area (Å²) < 4.78 is 14.4. The van der Waals surface area contributed by atoms with E-state index in [0.29, 0.717) is 24.6 Å². The molecule has 1 aromatic rings. The number of urea groups is 1. The van der Waals surface area contributed by atoms with E-state index in [4.69, 9.17) is 9.47 Å². The van der Waals surface area contributed by atoms with E-state index >= 15 is 0 Å². The van der Waals surface area contributed by atoms with Crippen molar-refractivity contribution in [3.8, 4) is 5.75 Å². The van der Waals surface area contributed by atoms with Gasteiger partial charge >= 0.3 is 12.2 Å². The third kappa shape index (κ3) is 7.17. The molecule has 0 unspecified atom stereocenters. The van der Waals surface area contributed by atoms with Crippen LogP contribution in [-0.2, 0) is 9.47 Å². The van der Waals surface area contributed by atoms with E-state index in [9.17, 15) is 9.59 Å². The van der Waals surface area contributed by atoms with Crippen molar-refractivity contribution >= 4 is 17.9 Å². The average molecular weight is 296 g/mol. The lowest BCUT2D eigenvalue weighted by atomic mass is 10.3. The minimum atomic E-state index is -0.755. The van der Waals surface area contributed by atoms with Crippen molar-refractivity contribution in [3.63, 3.8) is 0 Å². The molecule has 0 atom stereocenters. The quantitative estimate of drug-likeness (QED) is 0.458. The first-order valence-corrected chi connectivity index (χ1v) is 6.64. The zero-order valence-corrected chi connectivity index (χ0v) is 12.2. The van der Waals surface area contributed by atoms with Crippen LogP contribution in [0.3, 0.4) is 0 Å². The minimum Gasteiger partial charge on any atom is -0.434 e. The molecule has 0 bridgehead atoms. The van der Waals surface area contributed by atoms with Gasteiger partial charge in [0.1, 0.15) is 5.75 Å². The summed E-state index contributed by atoms with van der Waals surface area (Å²) in [5.41, 5.74) is 0.593. The number of anilines is 1. The molecular weight excluding hydrogens is 276 g/mol. The molecule has 0 aliphatic carbocycles. The van der Waals surface area contributed by atoms with Gasteiger partial charge in [-0.3, -0.25) is 0 Å². The minimum absolute atomic E-state index is 0.252. The zero-order chi connectivity index (χ0) is 15.5. The molecule has 1 rings (SSSR count). The van der Waals surface area contributed by atoms with E-state index in [1.54, 1.807) is 38.3 Å². The van der Waals surface area contributed by atoms with Crippen molar-refractivity contribution in [1.29, 1.82) is 0 Å². The van der Waals surface area contributed by atoms with Gasteiger partial charge in [0.2, 0.25) is 0 Å². The van der Waals surface area contributed by atoms with Gasteiger partial charge in [-0.25, -0.2) is 9.59 Å². The zero-order valence-electron chi connectivity index (χ0n) is 12.2. The van der Waals surface area contributed by atoms with E-state index in [-0.39, 0.29) is 12.6 Å². The summed E-state index contributed by atoms with van der Waals surface area (Å²) >= 11 is 0. The summed E-state index contributed by atoms with van der Waals surface area (Å²) in [4.78, 5) is 22.7. The molecule has 0 saturated heterocycles. The fourth-order valence-corrected chi connectivity index (χ4v) is 1.44. The highest BCUT2D eigenvalue weighted by Crippen LogP contribution is 2.16. The molecule has 0 fully saturated rings. The van der Waals surface area contributed by atoms with Crippen molar-refractivity contribution in [2.75, 3.05) is 32.2 Å². The van der Waals surface area contributed by atoms with Gasteiger partial charge in [0, 0.05) is 25.9 Å². The summed E-state index contributed by atoms with van der Waals surface area (Å²) in [6.45, 7) is 3.07. The molecule has 7 nitrogen and oxygen atoms in total. The highest BCUT2D eigenvalue weighted by molar-refractivity contribution is 5.89. The van der Waals surface area contributed by atoms with Crippen molar-refractivity contribution < 1.29 is 23.8 Å². The van der Waals surface area contributed by atoms with Crippen LogP contribution in [0.2, 0.25) is 0 Å². The predicted octanol–water partition coefficient (Wildman–Crippen LogP) is 2.38. The van der Waals surface area contributed by atoms with E-state index in [2.05, 4.69) is 15.4 Å². The second kappa shape index (κ2) is 9.60. The summed E-state index contributed by atoms with van der Waals surface area (Å²) in [5.74, 6) is 0.347. The van der Waals surface area contributed by atoms with Crippen LogP contribution in [0.4, 0.5) is 15.3 Å². The molecule has 0 aromatic heterocycles. The predicted molar refractivity (Wildman–Crippen MR) is 77.6 cm³/mol. The van der Waals surface area contributed by atoms with Crippen molar-refractivity contribution in [2.24, 2.45) is 0 Å². The highest BCUT2D eigenvalue weighted by atomic mass is 16.7. The van der Waals surface area contributed by atoms with Crippen LogP contribution in [-0.4, -0.2) is 39.1 Å². The lowest BCUT2D eigenvalue weighted by Crippen LogP contribution is -2.30. The fraction of sp³-hybridized carbons (Fsp3) is 0.429. The van der Waals surface area contributed by atoms with Crippen LogP contribution in [0.25, 0.3) is 0 Å². The molecule has 0 radical (unpaired) electrons. The molecule has 116 valence electrons. The van der Waals surface area contributed by atoms with Crippen LogP contribution >= 0.6 is 0 Å². The molecule has 0 spiro atoms. The van der Waals surface area contributed by atoms with Gasteiger partial charge in [-0.05, 0) is 37.6 Å². The molecule has 1 aromatic carbocycles. The summed E-state index contributed by atoms with van der Waals surface area (Å²) in [7, 11) is 1.61. The van der Waals surface area contributed by atoms with Crippen molar-refractivity contribution in [2.45, 2.75) is 13.3 Å². The summed E-state index contributed by atoms with van der Waals surface area (Å²) in [6.07, 6.45) is -0.00920. The van der Waals surface area contributed by atoms with Gasteiger partial charge in [-0.2, -0.15) is 0 Å². The smallest absolute Gasteiger partial charge is 0.434 e. The second-order valence-corrected chi connectivity index (χ2v) is 4.04. The number of hydrogen-bond donors (Lipinski definition) is 2. The van der Waals surface area contributed by atoms with E-state index in [0.717, 1.165) is 6.42 Å². The van der Waals surface area contributed by atoms with Gasteiger partial charge in [-0.15, -0.1) is 0 Å². The normalized spacial score (nSPS) is 9.81. The first kappa shape index (κ1) is 16.8. The van der Waals surface area contributed by atoms with Gasteiger partial charge < -0.3 is 24.8 Å². The third-order valence-electron chi connectivity index (χ3n) is 2.39. The number of rotatable bonds is 7. The fourth-order valence-electron chi connectivity index (χ4n) is 1.44. The number of carbonyl (C=O) groups is 2. The number of benzene rings is 1. The Morgan fingerprint density at radius 3 is 2.52 bits per heavy atom. The van der Waals surface area contributed by atoms with Crippen LogP contribution in [0, 0.1) is 0 Å². The Morgan fingerprint density at radius 1 is 1.19 bits per heavy atom. The molecule has 0 saturated carbocycles. The molecule has 0 aliphatic heterocycles. The Bertz CT molecular complexity index is 447. The standard InChI is InChI=1S/C14H20N2O5/c1-3-20-14(18)21-12-7-5-11(6-8-12)16-13(17)15-9-4-10-19-2/h5-8H,3-4,9-10H2,1-2H3,(H2,15,16,17). The first-order valence-electron chi connectivity index (χ1n) is 6.64. The largest absolute Gasteiger partial charge is 0.513 e. The topological polar surface area (TPSA) is 85.9 Å². The van der Waals surface area contributed by atoms with Crippen LogP contribution in [0.5, 0.6) is 5.75 Å². The summed E-state index contributed by atoms with van der Waals surface area (Å²) in [5, 5.41) is 5.36. The van der Waals surface area contributed by atoms with Gasteiger partial charge in [-0.1, -0.05) is 0 Å². The van der Waals surface area contributed by atoms with E-state index < -0.39 is 6.16 Å². The number of methoxy groups -OCH3 is 1. The Labute approximate surface area is 123 Å². The maximum atomic E-state index is 11.6. The average Bonchev–Trinajstić information content (AvgIpc) is 2.46. The SMILES string of the molecule is CCOC(=O)Oc1ccc(NC(=O)NCCCOC)cc1. The number of amides is 2. The molecule has 21 heavy (non-hydrogen) atoms. The van der Waals surface area contributed by atoms with Crippen LogP contribution in [0.1, 0.15) is 13.3 Å². The number of hydrogen-bond acceptors (Lipinski definition) is 5. The molecule has 7 heteroatoms. The van der Waals surface area contributed by atoms with Gasteiger partial charge in [0.05, 0.1) is 6.61 Å². The molecule has 2 amide bonds. The van der Waals surface area contributed by atoms with Crippen molar-refractivity contribution in [1.82, 2.24) is 5.32 Å². The number of nitrogens with one attached hydrogen (secondary N) is 2. The number of ether oxygens (including phenoxy) is 3. The lowest BCUT2D eigenvalue weighted by molar-refractivity contribution is 0.104. The molecule has 2 N–H and O–H groups in total. The first-order chi connectivity index (χ1) is 10.2. The van der Waals surface area contributed by atoms with Crippen LogP contribution < -0.4 is 15.4 Å². The van der Waals surface area contributed by atoms with Crippen LogP contribution in [0.15, 0.2) is 24.3 Å². The van der Waals surface area contributed by atoms with Gasteiger partial charge in [0.25, 0.3) is 0 Å². The monoisotopic (exact) mass is 296 g/mol. The summed E-state index contributed by atoms with van der Waals surface area (Å²) in [6, 6.07) is 6.09. The lowest BCUT2D eigenvalue weighted by Gasteiger charge is -2.08. The van der Waals surface area contributed by atoms with Gasteiger partial charge in [0.15, 0.2) is 0 Å². The Hall–Kier alpha value is -2.28. The second-order valence-electron chi connectivity index (χ2n) is 4.04. The maximum absolute atomic E-state index is 11.6.